The highest BCUT2D eigenvalue weighted by atomic mass is 79.9. The van der Waals surface area contributed by atoms with Gasteiger partial charge in [-0.25, -0.2) is 0 Å². The van der Waals surface area contributed by atoms with Crippen LogP contribution in [0.3, 0.4) is 0 Å². The number of halogens is 1. The summed E-state index contributed by atoms with van der Waals surface area (Å²) in [7, 11) is 0. The maximum absolute atomic E-state index is 12.1. The van der Waals surface area contributed by atoms with E-state index < -0.39 is 4.92 Å². The quantitative estimate of drug-likeness (QED) is 0.458. The minimum atomic E-state index is -0.459. The number of aryl methyl sites for hydroxylation is 3. The van der Waals surface area contributed by atoms with Gasteiger partial charge in [0.05, 0.1) is 22.8 Å². The molecule has 0 aliphatic carbocycles. The van der Waals surface area contributed by atoms with Crippen LogP contribution in [0.5, 0.6) is 0 Å². The van der Waals surface area contributed by atoms with Crippen LogP contribution >= 0.6 is 15.9 Å². The molecule has 2 aromatic rings. The monoisotopic (exact) mass is 395 g/mol. The lowest BCUT2D eigenvalue weighted by Gasteiger charge is -2.11. The number of hydrogen-bond acceptors (Lipinski definition) is 5. The first-order chi connectivity index (χ1) is 11.2. The lowest BCUT2D eigenvalue weighted by atomic mass is 10.1. The molecule has 1 aromatic carbocycles. The summed E-state index contributed by atoms with van der Waals surface area (Å²) in [5.41, 5.74) is 8.62. The van der Waals surface area contributed by atoms with Crippen LogP contribution in [0.15, 0.2) is 16.6 Å². The van der Waals surface area contributed by atoms with Gasteiger partial charge >= 0.3 is 5.69 Å². The van der Waals surface area contributed by atoms with Crippen LogP contribution in [-0.2, 0) is 11.3 Å². The molecule has 128 valence electrons. The van der Waals surface area contributed by atoms with Gasteiger partial charge in [-0.2, -0.15) is 5.10 Å². The van der Waals surface area contributed by atoms with E-state index >= 15 is 0 Å². The predicted octanol–water partition coefficient (Wildman–Crippen LogP) is 3.09. The van der Waals surface area contributed by atoms with Crippen molar-refractivity contribution >= 4 is 38.9 Å². The van der Waals surface area contributed by atoms with E-state index in [0.29, 0.717) is 22.8 Å². The van der Waals surface area contributed by atoms with Gasteiger partial charge in [-0.15, -0.1) is 0 Å². The molecule has 1 amide bonds. The Labute approximate surface area is 147 Å². The SMILES string of the molecule is Cc1cc(Br)cc(NC(=O)CCn2nc(C)c([N+](=O)[O-])c2C)c1N. The summed E-state index contributed by atoms with van der Waals surface area (Å²) in [5, 5.41) is 17.9. The van der Waals surface area contributed by atoms with E-state index in [1.54, 1.807) is 19.9 Å². The molecule has 1 aromatic heterocycles. The first kappa shape index (κ1) is 17.9. The first-order valence-electron chi connectivity index (χ1n) is 7.24. The van der Waals surface area contributed by atoms with Crippen LogP contribution in [0.25, 0.3) is 0 Å². The minimum absolute atomic E-state index is 0.0118. The second kappa shape index (κ2) is 7.00. The van der Waals surface area contributed by atoms with Crippen molar-refractivity contribution in [2.45, 2.75) is 33.7 Å². The van der Waals surface area contributed by atoms with Gasteiger partial charge in [0.2, 0.25) is 5.91 Å². The molecule has 1 heterocycles. The molecule has 0 fully saturated rings. The van der Waals surface area contributed by atoms with Gasteiger partial charge in [-0.05, 0) is 38.5 Å². The van der Waals surface area contributed by atoms with Crippen molar-refractivity contribution in [3.63, 3.8) is 0 Å². The summed E-state index contributed by atoms with van der Waals surface area (Å²) in [6, 6.07) is 3.59. The lowest BCUT2D eigenvalue weighted by Crippen LogP contribution is -2.16. The average Bonchev–Trinajstić information content (AvgIpc) is 2.76. The molecule has 0 aliphatic rings. The van der Waals surface area contributed by atoms with E-state index in [9.17, 15) is 14.9 Å². The number of nitrogen functional groups attached to an aromatic ring is 1. The van der Waals surface area contributed by atoms with Gasteiger partial charge in [0.1, 0.15) is 11.4 Å². The summed E-state index contributed by atoms with van der Waals surface area (Å²) in [6.07, 6.45) is 0.129. The number of hydrogen-bond donors (Lipinski definition) is 2. The van der Waals surface area contributed by atoms with Crippen molar-refractivity contribution in [1.29, 1.82) is 0 Å². The minimum Gasteiger partial charge on any atom is -0.397 e. The average molecular weight is 396 g/mol. The fourth-order valence-corrected chi connectivity index (χ4v) is 3.02. The van der Waals surface area contributed by atoms with Crippen LogP contribution in [0.2, 0.25) is 0 Å². The predicted molar refractivity (Wildman–Crippen MR) is 94.9 cm³/mol. The fraction of sp³-hybridized carbons (Fsp3) is 0.333. The maximum Gasteiger partial charge on any atom is 0.312 e. The van der Waals surface area contributed by atoms with Crippen molar-refractivity contribution < 1.29 is 9.72 Å². The van der Waals surface area contributed by atoms with E-state index in [-0.39, 0.29) is 24.6 Å². The Morgan fingerprint density at radius 1 is 1.42 bits per heavy atom. The molecule has 0 saturated heterocycles. The highest BCUT2D eigenvalue weighted by Crippen LogP contribution is 2.27. The molecule has 0 spiro atoms. The summed E-state index contributed by atoms with van der Waals surface area (Å²) >= 11 is 3.36. The van der Waals surface area contributed by atoms with Gasteiger partial charge < -0.3 is 11.1 Å². The summed E-state index contributed by atoms with van der Waals surface area (Å²) in [4.78, 5) is 22.7. The van der Waals surface area contributed by atoms with Crippen molar-refractivity contribution in [2.75, 3.05) is 11.1 Å². The summed E-state index contributed by atoms with van der Waals surface area (Å²) < 4.78 is 2.29. The Hall–Kier alpha value is -2.42. The van der Waals surface area contributed by atoms with Crippen LogP contribution < -0.4 is 11.1 Å². The number of nitrogens with one attached hydrogen (secondary N) is 1. The molecule has 3 N–H and O–H groups in total. The number of nitro groups is 1. The molecule has 0 bridgehead atoms. The van der Waals surface area contributed by atoms with Crippen molar-refractivity contribution in [1.82, 2.24) is 9.78 Å². The third-order valence-corrected chi connectivity index (χ3v) is 4.16. The molecule has 2 rings (SSSR count). The van der Waals surface area contributed by atoms with Crippen LogP contribution in [-0.4, -0.2) is 20.6 Å². The third-order valence-electron chi connectivity index (χ3n) is 3.70. The molecule has 0 aliphatic heterocycles. The van der Waals surface area contributed by atoms with E-state index in [1.807, 2.05) is 13.0 Å². The molecular formula is C15H18BrN5O3. The number of nitrogens with two attached hydrogens (primary N) is 1. The number of anilines is 2. The number of nitrogens with zero attached hydrogens (tertiary/aromatic N) is 3. The van der Waals surface area contributed by atoms with E-state index in [4.69, 9.17) is 5.73 Å². The number of amides is 1. The molecule has 0 atom stereocenters. The smallest absolute Gasteiger partial charge is 0.312 e. The Balaban J connectivity index is 2.07. The van der Waals surface area contributed by atoms with E-state index in [0.717, 1.165) is 10.0 Å². The fourth-order valence-electron chi connectivity index (χ4n) is 2.45. The van der Waals surface area contributed by atoms with Crippen LogP contribution in [0.1, 0.15) is 23.4 Å². The van der Waals surface area contributed by atoms with E-state index in [2.05, 4.69) is 26.3 Å². The van der Waals surface area contributed by atoms with Gasteiger partial charge in [0, 0.05) is 10.9 Å². The molecule has 9 heteroatoms. The van der Waals surface area contributed by atoms with Crippen LogP contribution in [0.4, 0.5) is 17.1 Å². The first-order valence-corrected chi connectivity index (χ1v) is 8.04. The third kappa shape index (κ3) is 3.73. The molecule has 0 radical (unpaired) electrons. The summed E-state index contributed by atoms with van der Waals surface area (Å²) in [5.74, 6) is -0.241. The highest BCUT2D eigenvalue weighted by molar-refractivity contribution is 9.10. The lowest BCUT2D eigenvalue weighted by molar-refractivity contribution is -0.386. The van der Waals surface area contributed by atoms with Gasteiger partial charge in [0.15, 0.2) is 0 Å². The molecule has 8 nitrogen and oxygen atoms in total. The molecule has 24 heavy (non-hydrogen) atoms. The Morgan fingerprint density at radius 3 is 2.67 bits per heavy atom. The van der Waals surface area contributed by atoms with Gasteiger partial charge in [0.25, 0.3) is 0 Å². The van der Waals surface area contributed by atoms with Crippen molar-refractivity contribution in [3.05, 3.63) is 43.7 Å². The Kier molecular flexibility index (Phi) is 5.23. The van der Waals surface area contributed by atoms with E-state index in [1.165, 1.54) is 4.68 Å². The second-order valence-electron chi connectivity index (χ2n) is 5.48. The number of benzene rings is 1. The van der Waals surface area contributed by atoms with Gasteiger partial charge in [-0.3, -0.25) is 19.6 Å². The number of carbonyl (C=O) groups excluding carboxylic acids is 1. The topological polar surface area (TPSA) is 116 Å². The largest absolute Gasteiger partial charge is 0.397 e. The zero-order valence-electron chi connectivity index (χ0n) is 13.6. The summed E-state index contributed by atoms with van der Waals surface area (Å²) in [6.45, 7) is 5.29. The van der Waals surface area contributed by atoms with Crippen LogP contribution in [0, 0.1) is 30.9 Å². The number of rotatable bonds is 5. The van der Waals surface area contributed by atoms with Crippen molar-refractivity contribution in [2.24, 2.45) is 0 Å². The highest BCUT2D eigenvalue weighted by Gasteiger charge is 2.21. The Bertz CT molecular complexity index is 816. The maximum atomic E-state index is 12.1. The molecular weight excluding hydrogens is 378 g/mol. The zero-order valence-corrected chi connectivity index (χ0v) is 15.2. The zero-order chi connectivity index (χ0) is 18.0. The second-order valence-corrected chi connectivity index (χ2v) is 6.40. The Morgan fingerprint density at radius 2 is 2.08 bits per heavy atom. The van der Waals surface area contributed by atoms with Gasteiger partial charge in [-0.1, -0.05) is 15.9 Å². The number of aromatic nitrogens is 2. The number of carbonyl (C=O) groups is 1. The normalized spacial score (nSPS) is 10.7. The standard InChI is InChI=1S/C15H18BrN5O3/c1-8-6-11(16)7-12(14(8)17)18-13(22)4-5-20-10(3)15(21(23)24)9(2)19-20/h6-7H,4-5,17H2,1-3H3,(H,18,22). The van der Waals surface area contributed by atoms with Crippen molar-refractivity contribution in [3.8, 4) is 0 Å². The molecule has 0 unspecified atom stereocenters. The molecule has 0 saturated carbocycles.